The number of hydrogen-bond acceptors (Lipinski definition) is 4. The lowest BCUT2D eigenvalue weighted by molar-refractivity contribution is 0.0812. The molecule has 0 fully saturated rings. The number of hydrogen-bond donors (Lipinski definition) is 0. The molecule has 0 aliphatic heterocycles. The molecule has 108 valence electrons. The van der Waals surface area contributed by atoms with E-state index in [1.807, 2.05) is 49.3 Å². The fraction of sp³-hybridized carbons (Fsp3) is 0.118. The van der Waals surface area contributed by atoms with Crippen molar-refractivity contribution in [3.63, 3.8) is 0 Å². The molecule has 4 rings (SSSR count). The third-order valence-corrected chi connectivity index (χ3v) is 3.97. The van der Waals surface area contributed by atoms with E-state index in [0.717, 1.165) is 5.69 Å². The van der Waals surface area contributed by atoms with Gasteiger partial charge in [0, 0.05) is 37.1 Å². The minimum absolute atomic E-state index is 0.353. The van der Waals surface area contributed by atoms with Crippen molar-refractivity contribution in [1.29, 1.82) is 0 Å². The molecule has 22 heavy (non-hydrogen) atoms. The van der Waals surface area contributed by atoms with Crippen LogP contribution < -0.4 is 4.90 Å². The number of fused-ring (bicyclic) bond motifs is 5. The number of rotatable bonds is 1. The highest BCUT2D eigenvalue weighted by Crippen LogP contribution is 2.35. The van der Waals surface area contributed by atoms with Crippen molar-refractivity contribution in [2.75, 3.05) is 19.0 Å². The van der Waals surface area contributed by atoms with Gasteiger partial charge in [-0.25, -0.2) is 4.98 Å². The smallest absolute Gasteiger partial charge is 0.252 e. The van der Waals surface area contributed by atoms with Crippen LogP contribution in [0.3, 0.4) is 0 Å². The van der Waals surface area contributed by atoms with Gasteiger partial charge in [-0.15, -0.1) is 0 Å². The maximum absolute atomic E-state index is 12.5. The second-order valence-corrected chi connectivity index (χ2v) is 5.52. The predicted octanol–water partition coefficient (Wildman–Crippen LogP) is 2.45. The lowest BCUT2D eigenvalue weighted by Crippen LogP contribution is -2.23. The van der Waals surface area contributed by atoms with Gasteiger partial charge in [0.1, 0.15) is 17.0 Å². The summed E-state index contributed by atoms with van der Waals surface area (Å²) in [6, 6.07) is 11.0. The molecule has 0 spiro atoms. The predicted molar refractivity (Wildman–Crippen MR) is 83.6 cm³/mol. The highest BCUT2D eigenvalue weighted by Gasteiger charge is 2.34. The summed E-state index contributed by atoms with van der Waals surface area (Å²) in [4.78, 5) is 31.4. The third-order valence-electron chi connectivity index (χ3n) is 3.97. The number of carbonyl (C=O) groups excluding carboxylic acids is 2. The van der Waals surface area contributed by atoms with Crippen LogP contribution >= 0.6 is 0 Å². The highest BCUT2D eigenvalue weighted by molar-refractivity contribution is 6.52. The van der Waals surface area contributed by atoms with Gasteiger partial charge in [-0.1, -0.05) is 6.07 Å². The largest absolute Gasteiger partial charge is 0.378 e. The third kappa shape index (κ3) is 1.56. The Kier molecular flexibility index (Phi) is 2.48. The minimum atomic E-state index is -0.503. The lowest BCUT2D eigenvalue weighted by Gasteiger charge is -2.18. The molecule has 1 aromatic carbocycles. The van der Waals surface area contributed by atoms with E-state index in [4.69, 9.17) is 0 Å². The summed E-state index contributed by atoms with van der Waals surface area (Å²) < 4.78 is 1.68. The Hall–Kier alpha value is -2.95. The molecule has 0 N–H and O–H groups in total. The van der Waals surface area contributed by atoms with Crippen LogP contribution in [0.2, 0.25) is 0 Å². The number of benzene rings is 1. The zero-order chi connectivity index (χ0) is 15.4. The molecule has 0 radical (unpaired) electrons. The summed E-state index contributed by atoms with van der Waals surface area (Å²) in [5.41, 5.74) is 3.62. The van der Waals surface area contributed by atoms with Crippen LogP contribution in [0.15, 0.2) is 42.6 Å². The second-order valence-electron chi connectivity index (χ2n) is 5.52. The summed E-state index contributed by atoms with van der Waals surface area (Å²) in [5.74, 6) is -0.978. The van der Waals surface area contributed by atoms with Crippen LogP contribution in [0, 0.1) is 0 Å². The Bertz CT molecular complexity index is 954. The molecule has 2 heterocycles. The quantitative estimate of drug-likeness (QED) is 0.646. The number of carbonyl (C=O) groups is 2. The average Bonchev–Trinajstić information content (AvgIpc) is 2.91. The summed E-state index contributed by atoms with van der Waals surface area (Å²) in [5, 5.41) is 0. The van der Waals surface area contributed by atoms with Gasteiger partial charge in [-0.05, 0) is 30.3 Å². The summed E-state index contributed by atoms with van der Waals surface area (Å²) in [6.45, 7) is 0. The lowest BCUT2D eigenvalue weighted by atomic mass is 9.89. The van der Waals surface area contributed by atoms with Crippen molar-refractivity contribution in [2.24, 2.45) is 0 Å². The minimum Gasteiger partial charge on any atom is -0.378 e. The number of anilines is 1. The van der Waals surface area contributed by atoms with E-state index in [2.05, 4.69) is 4.98 Å². The first-order chi connectivity index (χ1) is 10.6. The Labute approximate surface area is 126 Å². The molecule has 0 saturated heterocycles. The molecule has 0 saturated carbocycles. The Morgan fingerprint density at radius 3 is 2.59 bits per heavy atom. The fourth-order valence-electron chi connectivity index (χ4n) is 2.84. The van der Waals surface area contributed by atoms with Gasteiger partial charge in [-0.3, -0.25) is 14.0 Å². The van der Waals surface area contributed by atoms with Crippen LogP contribution in [0.25, 0.3) is 16.9 Å². The van der Waals surface area contributed by atoms with E-state index in [9.17, 15) is 9.59 Å². The first-order valence-electron chi connectivity index (χ1n) is 6.96. The van der Waals surface area contributed by atoms with Crippen molar-refractivity contribution < 1.29 is 9.59 Å². The van der Waals surface area contributed by atoms with Gasteiger partial charge in [0.05, 0.1) is 0 Å². The molecule has 0 bridgehead atoms. The number of pyridine rings is 1. The van der Waals surface area contributed by atoms with Crippen LogP contribution in [0.1, 0.15) is 20.8 Å². The second kappa shape index (κ2) is 4.27. The van der Waals surface area contributed by atoms with Crippen LogP contribution in [-0.4, -0.2) is 35.0 Å². The molecule has 2 aromatic heterocycles. The number of ketones is 2. The molecule has 0 amide bonds. The molecule has 5 heteroatoms. The molecular formula is C17H13N3O2. The Morgan fingerprint density at radius 2 is 1.82 bits per heavy atom. The van der Waals surface area contributed by atoms with Crippen molar-refractivity contribution in [2.45, 2.75) is 0 Å². The van der Waals surface area contributed by atoms with Crippen molar-refractivity contribution in [3.8, 4) is 11.3 Å². The first kappa shape index (κ1) is 12.8. The van der Waals surface area contributed by atoms with Gasteiger partial charge in [0.15, 0.2) is 0 Å². The maximum atomic E-state index is 12.5. The van der Waals surface area contributed by atoms with Gasteiger partial charge >= 0.3 is 0 Å². The standard InChI is InChI=1S/C17H13N3O2/c1-19(2)10-6-7-11-12(9-10)16(21)17(22)15-14(11)18-13-5-3-4-8-20(13)15/h3-9H,1-2H3. The summed E-state index contributed by atoms with van der Waals surface area (Å²) in [7, 11) is 3.79. The van der Waals surface area contributed by atoms with Crippen molar-refractivity contribution in [1.82, 2.24) is 9.38 Å². The zero-order valence-electron chi connectivity index (χ0n) is 12.2. The van der Waals surface area contributed by atoms with E-state index in [1.54, 1.807) is 16.7 Å². The van der Waals surface area contributed by atoms with E-state index >= 15 is 0 Å². The number of Topliss-reactive ketones (excluding diaryl/α,β-unsaturated/α-hetero) is 2. The topological polar surface area (TPSA) is 54.7 Å². The Balaban J connectivity index is 2.07. The number of nitrogens with zero attached hydrogens (tertiary/aromatic N) is 3. The molecule has 1 aliphatic rings. The maximum Gasteiger partial charge on any atom is 0.252 e. The first-order valence-corrected chi connectivity index (χ1v) is 6.96. The molecule has 3 aromatic rings. The summed E-state index contributed by atoms with van der Waals surface area (Å²) in [6.07, 6.45) is 1.76. The monoisotopic (exact) mass is 291 g/mol. The highest BCUT2D eigenvalue weighted by atomic mass is 16.2. The van der Waals surface area contributed by atoms with E-state index < -0.39 is 11.6 Å². The van der Waals surface area contributed by atoms with Gasteiger partial charge in [0.25, 0.3) is 5.78 Å². The average molecular weight is 291 g/mol. The van der Waals surface area contributed by atoms with E-state index in [1.165, 1.54) is 0 Å². The van der Waals surface area contributed by atoms with Crippen LogP contribution in [0.5, 0.6) is 0 Å². The SMILES string of the molecule is CN(C)c1ccc2c(c1)C(=O)C(=O)c1c-2nc2ccccn12. The van der Waals surface area contributed by atoms with Crippen molar-refractivity contribution >= 4 is 22.9 Å². The van der Waals surface area contributed by atoms with Gasteiger partial charge in [0.2, 0.25) is 5.78 Å². The molecule has 5 nitrogen and oxygen atoms in total. The number of aromatic nitrogens is 2. The molecular weight excluding hydrogens is 278 g/mol. The fourth-order valence-corrected chi connectivity index (χ4v) is 2.84. The van der Waals surface area contributed by atoms with E-state index in [0.29, 0.717) is 28.2 Å². The molecule has 0 atom stereocenters. The Morgan fingerprint density at radius 1 is 1.00 bits per heavy atom. The van der Waals surface area contributed by atoms with Gasteiger partial charge < -0.3 is 4.90 Å². The van der Waals surface area contributed by atoms with E-state index in [-0.39, 0.29) is 0 Å². The molecule has 1 aliphatic carbocycles. The number of imidazole rings is 1. The summed E-state index contributed by atoms with van der Waals surface area (Å²) >= 11 is 0. The van der Waals surface area contributed by atoms with Gasteiger partial charge in [-0.2, -0.15) is 0 Å². The van der Waals surface area contributed by atoms with Crippen LogP contribution in [-0.2, 0) is 0 Å². The molecule has 0 unspecified atom stereocenters. The zero-order valence-corrected chi connectivity index (χ0v) is 12.2. The normalized spacial score (nSPS) is 13.2. The van der Waals surface area contributed by atoms with Crippen LogP contribution in [0.4, 0.5) is 5.69 Å². The van der Waals surface area contributed by atoms with Crippen molar-refractivity contribution in [3.05, 3.63) is 53.9 Å².